The number of aryl methyl sites for hydroxylation is 1. The Hall–Kier alpha value is -1.99. The summed E-state index contributed by atoms with van der Waals surface area (Å²) in [7, 11) is 0. The summed E-state index contributed by atoms with van der Waals surface area (Å²) in [5.41, 5.74) is 6.12. The van der Waals surface area contributed by atoms with Crippen LogP contribution in [0.1, 0.15) is 28.2 Å². The number of primary amides is 1. The van der Waals surface area contributed by atoms with Gasteiger partial charge in [0, 0.05) is 24.5 Å². The maximum Gasteiger partial charge on any atom is 0.406 e. The van der Waals surface area contributed by atoms with Crippen LogP contribution in [0.2, 0.25) is 0 Å². The first-order valence-electron chi connectivity index (χ1n) is 6.92. The van der Waals surface area contributed by atoms with Crippen LogP contribution in [0.3, 0.4) is 0 Å². The third-order valence-corrected chi connectivity index (χ3v) is 4.02. The van der Waals surface area contributed by atoms with Gasteiger partial charge in [-0.1, -0.05) is 0 Å². The zero-order chi connectivity index (χ0) is 16.7. The molecular formula is C14H18F3N3O2. The molecule has 1 atom stereocenters. The third kappa shape index (κ3) is 3.26. The van der Waals surface area contributed by atoms with Crippen LogP contribution in [0.25, 0.3) is 0 Å². The first-order valence-corrected chi connectivity index (χ1v) is 6.92. The predicted octanol–water partition coefficient (Wildman–Crippen LogP) is 1.61. The van der Waals surface area contributed by atoms with Gasteiger partial charge in [-0.25, -0.2) is 0 Å². The van der Waals surface area contributed by atoms with Gasteiger partial charge in [-0.05, 0) is 26.3 Å². The molecule has 0 saturated carbocycles. The summed E-state index contributed by atoms with van der Waals surface area (Å²) in [6, 6.07) is 1.46. The van der Waals surface area contributed by atoms with Gasteiger partial charge in [0.15, 0.2) is 0 Å². The van der Waals surface area contributed by atoms with Crippen LogP contribution in [0.5, 0.6) is 0 Å². The lowest BCUT2D eigenvalue weighted by molar-refractivity contribution is -0.141. The van der Waals surface area contributed by atoms with Gasteiger partial charge in [0.1, 0.15) is 6.54 Å². The monoisotopic (exact) mass is 317 g/mol. The highest BCUT2D eigenvalue weighted by Gasteiger charge is 2.33. The molecule has 1 saturated heterocycles. The summed E-state index contributed by atoms with van der Waals surface area (Å²) in [4.78, 5) is 25.1. The molecule has 0 aromatic carbocycles. The van der Waals surface area contributed by atoms with Crippen LogP contribution < -0.4 is 5.73 Å². The molecule has 1 aromatic rings. The molecule has 122 valence electrons. The van der Waals surface area contributed by atoms with Crippen LogP contribution in [0, 0.1) is 19.8 Å². The Morgan fingerprint density at radius 1 is 1.36 bits per heavy atom. The fourth-order valence-electron chi connectivity index (χ4n) is 2.79. The van der Waals surface area contributed by atoms with Crippen LogP contribution in [0.15, 0.2) is 6.07 Å². The number of carbonyl (C=O) groups excluding carboxylic acids is 2. The van der Waals surface area contributed by atoms with Gasteiger partial charge in [-0.2, -0.15) is 13.2 Å². The number of hydrogen-bond donors (Lipinski definition) is 1. The molecule has 0 unspecified atom stereocenters. The predicted molar refractivity (Wildman–Crippen MR) is 73.2 cm³/mol. The molecule has 0 bridgehead atoms. The fourth-order valence-corrected chi connectivity index (χ4v) is 2.79. The van der Waals surface area contributed by atoms with Gasteiger partial charge in [-0.15, -0.1) is 0 Å². The van der Waals surface area contributed by atoms with Gasteiger partial charge in [0.25, 0.3) is 5.91 Å². The van der Waals surface area contributed by atoms with Gasteiger partial charge in [0.2, 0.25) is 5.91 Å². The molecule has 2 heterocycles. The second-order valence-electron chi connectivity index (χ2n) is 5.63. The molecule has 5 nitrogen and oxygen atoms in total. The summed E-state index contributed by atoms with van der Waals surface area (Å²) >= 11 is 0. The Morgan fingerprint density at radius 2 is 2.00 bits per heavy atom. The van der Waals surface area contributed by atoms with Crippen LogP contribution in [-0.4, -0.2) is 40.5 Å². The highest BCUT2D eigenvalue weighted by Crippen LogP contribution is 2.25. The number of carbonyl (C=O) groups is 2. The Bertz CT molecular complexity index is 607. The Labute approximate surface area is 125 Å². The molecule has 2 amide bonds. The normalized spacial score (nSPS) is 18.8. The van der Waals surface area contributed by atoms with E-state index >= 15 is 0 Å². The lowest BCUT2D eigenvalue weighted by Crippen LogP contribution is -2.32. The number of amides is 2. The number of aromatic nitrogens is 1. The maximum atomic E-state index is 12.6. The van der Waals surface area contributed by atoms with Crippen molar-refractivity contribution in [1.29, 1.82) is 0 Å². The number of likely N-dealkylation sites (tertiary alicyclic amines) is 1. The van der Waals surface area contributed by atoms with E-state index in [0.717, 1.165) is 4.57 Å². The molecule has 1 aliphatic rings. The van der Waals surface area contributed by atoms with Crippen molar-refractivity contribution in [1.82, 2.24) is 9.47 Å². The van der Waals surface area contributed by atoms with E-state index in [-0.39, 0.29) is 29.6 Å². The van der Waals surface area contributed by atoms with E-state index in [4.69, 9.17) is 5.73 Å². The van der Waals surface area contributed by atoms with E-state index in [9.17, 15) is 22.8 Å². The zero-order valence-corrected chi connectivity index (χ0v) is 12.4. The average Bonchev–Trinajstić information content (AvgIpc) is 2.97. The molecule has 2 N–H and O–H groups in total. The summed E-state index contributed by atoms with van der Waals surface area (Å²) in [5.74, 6) is -1.20. The Balaban J connectivity index is 2.21. The highest BCUT2D eigenvalue weighted by molar-refractivity contribution is 5.96. The van der Waals surface area contributed by atoms with Crippen molar-refractivity contribution in [2.45, 2.75) is 33.0 Å². The molecule has 8 heteroatoms. The van der Waals surface area contributed by atoms with E-state index < -0.39 is 18.6 Å². The summed E-state index contributed by atoms with van der Waals surface area (Å²) in [5, 5.41) is 0. The van der Waals surface area contributed by atoms with Crippen molar-refractivity contribution in [2.24, 2.45) is 11.7 Å². The van der Waals surface area contributed by atoms with E-state index in [1.165, 1.54) is 24.8 Å². The van der Waals surface area contributed by atoms with Crippen molar-refractivity contribution < 1.29 is 22.8 Å². The first-order chi connectivity index (χ1) is 10.1. The first kappa shape index (κ1) is 16.4. The number of rotatable bonds is 3. The quantitative estimate of drug-likeness (QED) is 0.920. The van der Waals surface area contributed by atoms with Crippen LogP contribution in [0.4, 0.5) is 13.2 Å². The molecule has 0 spiro atoms. The minimum absolute atomic E-state index is 0.219. The Morgan fingerprint density at radius 3 is 2.50 bits per heavy atom. The molecule has 1 aromatic heterocycles. The minimum atomic E-state index is -4.35. The van der Waals surface area contributed by atoms with Crippen molar-refractivity contribution in [3.63, 3.8) is 0 Å². The lowest BCUT2D eigenvalue weighted by Gasteiger charge is -2.16. The zero-order valence-electron chi connectivity index (χ0n) is 12.4. The van der Waals surface area contributed by atoms with Crippen molar-refractivity contribution in [3.05, 3.63) is 23.0 Å². The number of halogens is 3. The topological polar surface area (TPSA) is 68.3 Å². The van der Waals surface area contributed by atoms with E-state index in [2.05, 4.69) is 0 Å². The maximum absolute atomic E-state index is 12.6. The molecule has 0 radical (unpaired) electrons. The standard InChI is InChI=1S/C14H18F3N3O2/c1-8-5-11(9(2)20(8)7-14(15,16)17)13(22)19-4-3-10(6-19)12(18)21/h5,10H,3-4,6-7H2,1-2H3,(H2,18,21)/t10-/m0/s1. The third-order valence-electron chi connectivity index (χ3n) is 4.02. The summed E-state index contributed by atoms with van der Waals surface area (Å²) in [6.45, 7) is 2.51. The van der Waals surface area contributed by atoms with Crippen molar-refractivity contribution in [3.8, 4) is 0 Å². The van der Waals surface area contributed by atoms with Gasteiger partial charge < -0.3 is 15.2 Å². The second-order valence-corrected chi connectivity index (χ2v) is 5.63. The molecule has 0 aliphatic carbocycles. The number of hydrogen-bond acceptors (Lipinski definition) is 2. The Kier molecular flexibility index (Phi) is 4.21. The van der Waals surface area contributed by atoms with Crippen LogP contribution >= 0.6 is 0 Å². The highest BCUT2D eigenvalue weighted by atomic mass is 19.4. The van der Waals surface area contributed by atoms with Crippen LogP contribution in [-0.2, 0) is 11.3 Å². The van der Waals surface area contributed by atoms with E-state index in [1.807, 2.05) is 0 Å². The average molecular weight is 317 g/mol. The number of nitrogens with two attached hydrogens (primary N) is 1. The van der Waals surface area contributed by atoms with Gasteiger partial charge >= 0.3 is 6.18 Å². The minimum Gasteiger partial charge on any atom is -0.369 e. The number of nitrogens with zero attached hydrogens (tertiary/aromatic N) is 2. The molecular weight excluding hydrogens is 299 g/mol. The molecule has 1 fully saturated rings. The fraction of sp³-hybridized carbons (Fsp3) is 0.571. The molecule has 1 aliphatic heterocycles. The van der Waals surface area contributed by atoms with Gasteiger partial charge in [-0.3, -0.25) is 9.59 Å². The molecule has 22 heavy (non-hydrogen) atoms. The SMILES string of the molecule is Cc1cc(C(=O)N2CC[C@H](C(N)=O)C2)c(C)n1CC(F)(F)F. The van der Waals surface area contributed by atoms with E-state index in [1.54, 1.807) is 0 Å². The second kappa shape index (κ2) is 5.66. The largest absolute Gasteiger partial charge is 0.406 e. The smallest absolute Gasteiger partial charge is 0.369 e. The number of alkyl halides is 3. The lowest BCUT2D eigenvalue weighted by atomic mass is 10.1. The van der Waals surface area contributed by atoms with Gasteiger partial charge in [0.05, 0.1) is 11.5 Å². The van der Waals surface area contributed by atoms with Crippen molar-refractivity contribution >= 4 is 11.8 Å². The summed E-state index contributed by atoms with van der Waals surface area (Å²) in [6.07, 6.45) is -3.86. The van der Waals surface area contributed by atoms with Crippen molar-refractivity contribution in [2.75, 3.05) is 13.1 Å². The summed E-state index contributed by atoms with van der Waals surface area (Å²) < 4.78 is 38.8. The molecule has 2 rings (SSSR count). The van der Waals surface area contributed by atoms with E-state index in [0.29, 0.717) is 18.7 Å².